The molecule has 0 bridgehead atoms. The maximum Gasteiger partial charge on any atom is 0.141 e. The molecule has 0 aromatic carbocycles. The topological polar surface area (TPSA) is 70.9 Å². The molecule has 1 aliphatic heterocycles. The van der Waals surface area contributed by atoms with Gasteiger partial charge in [0.25, 0.3) is 0 Å². The van der Waals surface area contributed by atoms with Gasteiger partial charge in [0.15, 0.2) is 0 Å². The molecule has 7 atom stereocenters. The molecule has 0 aromatic heterocycles. The first-order valence-corrected chi connectivity index (χ1v) is 11.6. The summed E-state index contributed by atoms with van der Waals surface area (Å²) in [5, 5.41) is 18.5. The highest BCUT2D eigenvalue weighted by Crippen LogP contribution is 2.65. The second kappa shape index (κ2) is 7.09. The minimum absolute atomic E-state index is 0.0455. The molecule has 5 unspecified atom stereocenters. The summed E-state index contributed by atoms with van der Waals surface area (Å²) in [6, 6.07) is 0. The van der Waals surface area contributed by atoms with Gasteiger partial charge in [0.05, 0.1) is 5.71 Å². The molecule has 1 heterocycles. The summed E-state index contributed by atoms with van der Waals surface area (Å²) in [4.78, 5) is 18.4. The summed E-state index contributed by atoms with van der Waals surface area (Å²) >= 11 is 0. The van der Waals surface area contributed by atoms with Crippen LogP contribution in [-0.2, 0) is 9.63 Å². The fourth-order valence-corrected chi connectivity index (χ4v) is 7.89. The van der Waals surface area contributed by atoms with Crippen molar-refractivity contribution in [2.45, 2.75) is 77.2 Å². The number of fused-ring (bicyclic) bond motifs is 5. The molecule has 0 radical (unpaired) electrons. The molecule has 0 spiro atoms. The van der Waals surface area contributed by atoms with Crippen LogP contribution in [0.25, 0.3) is 0 Å². The van der Waals surface area contributed by atoms with Crippen molar-refractivity contribution >= 4 is 11.5 Å². The van der Waals surface area contributed by atoms with Crippen molar-refractivity contribution in [3.63, 3.8) is 0 Å². The molecular formula is C23H36N2O3. The fraction of sp³-hybridized carbons (Fsp3) is 0.913. The monoisotopic (exact) mass is 388 g/mol. The molecule has 1 saturated heterocycles. The van der Waals surface area contributed by atoms with Crippen LogP contribution in [0.1, 0.15) is 71.1 Å². The van der Waals surface area contributed by atoms with Crippen LogP contribution >= 0.6 is 0 Å². The van der Waals surface area contributed by atoms with Crippen molar-refractivity contribution < 1.29 is 14.7 Å². The van der Waals surface area contributed by atoms with E-state index in [1.165, 1.54) is 18.6 Å². The second-order valence-electron chi connectivity index (χ2n) is 10.5. The minimum Gasteiger partial charge on any atom is -0.396 e. The zero-order valence-corrected chi connectivity index (χ0v) is 17.3. The average Bonchev–Trinajstić information content (AvgIpc) is 3.34. The molecule has 156 valence electrons. The second-order valence-corrected chi connectivity index (χ2v) is 10.5. The third kappa shape index (κ3) is 2.79. The van der Waals surface area contributed by atoms with E-state index in [2.05, 4.69) is 17.4 Å². The highest BCUT2D eigenvalue weighted by Gasteiger charge is 2.61. The number of rotatable bonds is 3. The summed E-state index contributed by atoms with van der Waals surface area (Å²) in [5.41, 5.74) is 1.18. The highest BCUT2D eigenvalue weighted by atomic mass is 16.6. The number of aliphatic hydroxyl groups excluding tert-OH is 1. The lowest BCUT2D eigenvalue weighted by Crippen LogP contribution is -2.56. The Kier molecular flexibility index (Phi) is 4.82. The Labute approximate surface area is 168 Å². The number of carbonyl (C=O) groups is 1. The summed E-state index contributed by atoms with van der Waals surface area (Å²) in [7, 11) is 0. The predicted octanol–water partition coefficient (Wildman–Crippen LogP) is 3.31. The Morgan fingerprint density at radius 2 is 2.04 bits per heavy atom. The van der Waals surface area contributed by atoms with Crippen LogP contribution < -0.4 is 5.32 Å². The van der Waals surface area contributed by atoms with Crippen molar-refractivity contribution in [3.8, 4) is 0 Å². The third-order valence-corrected chi connectivity index (χ3v) is 9.55. The quantitative estimate of drug-likeness (QED) is 0.728. The third-order valence-electron chi connectivity index (χ3n) is 9.55. The first-order chi connectivity index (χ1) is 13.6. The van der Waals surface area contributed by atoms with Gasteiger partial charge in [-0.15, -0.1) is 0 Å². The number of Topliss-reactive ketones (excluding diaryl/α,β-unsaturated/α-hetero) is 1. The standard InChI is InChI=1S/C23H36N2O3/c1-22-9-7-20-18(19(22)4-5-21(22)27)3-2-15-12-16(6-10-23(15,20)14-26)25-28-17-8-11-24-13-17/h15,17-20,24,26H,2-14H2,1H3/t15?,17?,18?,19?,20?,22-,23+/m0/s1. The van der Waals surface area contributed by atoms with E-state index in [0.717, 1.165) is 64.5 Å². The van der Waals surface area contributed by atoms with E-state index >= 15 is 0 Å². The van der Waals surface area contributed by atoms with E-state index in [4.69, 9.17) is 4.84 Å². The van der Waals surface area contributed by atoms with Gasteiger partial charge in [-0.3, -0.25) is 4.79 Å². The SMILES string of the molecule is C[C@]12CCC3C(CCC4CC(=NOC5CCNC5)CC[C@@]43CO)C1CCC2=O. The largest absolute Gasteiger partial charge is 0.396 e. The molecule has 0 amide bonds. The zero-order chi connectivity index (χ0) is 19.4. The normalized spacial score (nSPS) is 49.6. The Morgan fingerprint density at radius 3 is 2.82 bits per heavy atom. The molecule has 5 aliphatic rings. The van der Waals surface area contributed by atoms with Crippen molar-refractivity contribution in [3.05, 3.63) is 0 Å². The number of hydrogen-bond acceptors (Lipinski definition) is 5. The highest BCUT2D eigenvalue weighted by molar-refractivity contribution is 5.87. The summed E-state index contributed by atoms with van der Waals surface area (Å²) in [6.07, 6.45) is 10.7. The van der Waals surface area contributed by atoms with Gasteiger partial charge in [0.2, 0.25) is 0 Å². The summed E-state index contributed by atoms with van der Waals surface area (Å²) in [6.45, 7) is 4.47. The lowest BCUT2D eigenvalue weighted by molar-refractivity contribution is -0.143. The van der Waals surface area contributed by atoms with Crippen LogP contribution in [0.4, 0.5) is 0 Å². The average molecular weight is 389 g/mol. The van der Waals surface area contributed by atoms with Crippen LogP contribution in [0.3, 0.4) is 0 Å². The van der Waals surface area contributed by atoms with Crippen molar-refractivity contribution in [1.82, 2.24) is 5.32 Å². The number of nitrogens with one attached hydrogen (secondary N) is 1. The first kappa shape index (κ1) is 19.0. The molecule has 5 nitrogen and oxygen atoms in total. The number of nitrogens with zero attached hydrogens (tertiary/aromatic N) is 1. The van der Waals surface area contributed by atoms with Gasteiger partial charge >= 0.3 is 0 Å². The molecule has 5 fully saturated rings. The lowest BCUT2D eigenvalue weighted by Gasteiger charge is -2.60. The van der Waals surface area contributed by atoms with E-state index < -0.39 is 0 Å². The number of ketones is 1. The van der Waals surface area contributed by atoms with Gasteiger partial charge in [0.1, 0.15) is 11.9 Å². The lowest BCUT2D eigenvalue weighted by atomic mass is 9.45. The number of oxime groups is 1. The Hall–Kier alpha value is -0.940. The molecule has 2 N–H and O–H groups in total. The molecular weight excluding hydrogens is 352 g/mol. The van der Waals surface area contributed by atoms with Gasteiger partial charge < -0.3 is 15.3 Å². The van der Waals surface area contributed by atoms with Crippen LogP contribution in [0, 0.1) is 34.5 Å². The number of aliphatic hydroxyl groups is 1. The van der Waals surface area contributed by atoms with E-state index in [1.54, 1.807) is 0 Å². The maximum absolute atomic E-state index is 12.6. The molecule has 0 aromatic rings. The molecule has 4 aliphatic carbocycles. The Morgan fingerprint density at radius 1 is 1.14 bits per heavy atom. The van der Waals surface area contributed by atoms with E-state index in [9.17, 15) is 9.90 Å². The molecule has 4 saturated carbocycles. The van der Waals surface area contributed by atoms with E-state index in [-0.39, 0.29) is 16.9 Å². The summed E-state index contributed by atoms with van der Waals surface area (Å²) in [5.74, 6) is 2.80. The van der Waals surface area contributed by atoms with E-state index in [0.29, 0.717) is 36.1 Å². The number of hydrogen-bond donors (Lipinski definition) is 2. The molecule has 28 heavy (non-hydrogen) atoms. The smallest absolute Gasteiger partial charge is 0.141 e. The Balaban J connectivity index is 1.33. The van der Waals surface area contributed by atoms with Gasteiger partial charge in [-0.05, 0) is 81.6 Å². The molecule has 5 rings (SSSR count). The minimum atomic E-state index is -0.0743. The van der Waals surface area contributed by atoms with Crippen molar-refractivity contribution in [1.29, 1.82) is 0 Å². The van der Waals surface area contributed by atoms with Gasteiger partial charge in [-0.2, -0.15) is 0 Å². The van der Waals surface area contributed by atoms with Gasteiger partial charge in [-0.1, -0.05) is 12.1 Å². The van der Waals surface area contributed by atoms with Gasteiger partial charge in [0, 0.05) is 36.8 Å². The van der Waals surface area contributed by atoms with Crippen LogP contribution in [-0.4, -0.2) is 42.4 Å². The fourth-order valence-electron chi connectivity index (χ4n) is 7.89. The van der Waals surface area contributed by atoms with Crippen molar-refractivity contribution in [2.24, 2.45) is 39.7 Å². The maximum atomic E-state index is 12.6. The number of carbonyl (C=O) groups excluding carboxylic acids is 1. The van der Waals surface area contributed by atoms with Crippen molar-refractivity contribution in [2.75, 3.05) is 19.7 Å². The van der Waals surface area contributed by atoms with Crippen LogP contribution in [0.5, 0.6) is 0 Å². The van der Waals surface area contributed by atoms with E-state index in [1.807, 2.05) is 0 Å². The first-order valence-electron chi connectivity index (χ1n) is 11.6. The predicted molar refractivity (Wildman–Crippen MR) is 108 cm³/mol. The zero-order valence-electron chi connectivity index (χ0n) is 17.3. The molecule has 5 heteroatoms. The van der Waals surface area contributed by atoms with Gasteiger partial charge in [-0.25, -0.2) is 0 Å². The van der Waals surface area contributed by atoms with Crippen LogP contribution in [0.15, 0.2) is 5.16 Å². The Bertz CT molecular complexity index is 658. The summed E-state index contributed by atoms with van der Waals surface area (Å²) < 4.78 is 0. The van der Waals surface area contributed by atoms with Crippen LogP contribution in [0.2, 0.25) is 0 Å².